The topological polar surface area (TPSA) is 28.5 Å². The number of anilines is 4. The van der Waals surface area contributed by atoms with E-state index in [1.54, 1.807) is 0 Å². The molecule has 5 heteroatoms. The Morgan fingerprint density at radius 1 is 0.383 bits per heavy atom. The SMILES string of the molecule is O=P1(c2ccccc2)N(c2ccccc2)c2ccc(-n3c4ccccc4c4cc(-c5ccccc5)ccc43)cc2N1c1ccccc1. The van der Waals surface area contributed by atoms with Crippen LogP contribution in [-0.2, 0) is 4.57 Å². The van der Waals surface area contributed by atoms with Crippen LogP contribution in [0.25, 0.3) is 38.6 Å². The highest BCUT2D eigenvalue weighted by Crippen LogP contribution is 2.70. The molecule has 1 aromatic heterocycles. The maximum absolute atomic E-state index is 16.0. The summed E-state index contributed by atoms with van der Waals surface area (Å²) in [5.74, 6) is 0. The monoisotopic (exact) mass is 623 g/mol. The van der Waals surface area contributed by atoms with E-state index >= 15 is 4.57 Å². The van der Waals surface area contributed by atoms with Gasteiger partial charge in [-0.3, -0.25) is 13.9 Å². The summed E-state index contributed by atoms with van der Waals surface area (Å²) >= 11 is 0. The van der Waals surface area contributed by atoms with Gasteiger partial charge in [-0.15, -0.1) is 0 Å². The minimum absolute atomic E-state index is 0.774. The molecule has 9 rings (SSSR count). The molecule has 0 bridgehead atoms. The second-order valence-corrected chi connectivity index (χ2v) is 14.2. The molecule has 0 radical (unpaired) electrons. The van der Waals surface area contributed by atoms with Gasteiger partial charge in [-0.1, -0.05) is 109 Å². The number of hydrogen-bond donors (Lipinski definition) is 0. The second kappa shape index (κ2) is 10.9. The van der Waals surface area contributed by atoms with Gasteiger partial charge in [0.1, 0.15) is 0 Å². The summed E-state index contributed by atoms with van der Waals surface area (Å²) in [6.45, 7) is 0. The van der Waals surface area contributed by atoms with E-state index in [9.17, 15) is 0 Å². The van der Waals surface area contributed by atoms with Gasteiger partial charge in [0.05, 0.1) is 27.7 Å². The first kappa shape index (κ1) is 27.5. The van der Waals surface area contributed by atoms with Crippen molar-refractivity contribution in [1.29, 1.82) is 0 Å². The summed E-state index contributed by atoms with van der Waals surface area (Å²) in [6.07, 6.45) is 0. The maximum Gasteiger partial charge on any atom is 0.301 e. The van der Waals surface area contributed by atoms with Crippen molar-refractivity contribution in [3.8, 4) is 16.8 Å². The Hall–Kier alpha value is -5.83. The van der Waals surface area contributed by atoms with Crippen LogP contribution in [0, 0.1) is 0 Å². The van der Waals surface area contributed by atoms with Crippen LogP contribution in [0.15, 0.2) is 182 Å². The van der Waals surface area contributed by atoms with E-state index in [0.29, 0.717) is 0 Å². The van der Waals surface area contributed by atoms with Crippen LogP contribution in [0.4, 0.5) is 22.7 Å². The van der Waals surface area contributed by atoms with Crippen LogP contribution >= 0.6 is 7.44 Å². The maximum atomic E-state index is 16.0. The van der Waals surface area contributed by atoms with Gasteiger partial charge in [-0.05, 0) is 83.9 Å². The van der Waals surface area contributed by atoms with Gasteiger partial charge in [0.15, 0.2) is 0 Å². The van der Waals surface area contributed by atoms with Crippen LogP contribution in [-0.4, -0.2) is 4.57 Å². The molecule has 0 saturated heterocycles. The summed E-state index contributed by atoms with van der Waals surface area (Å²) in [5, 5.41) is 3.17. The molecule has 1 atom stereocenters. The van der Waals surface area contributed by atoms with E-state index < -0.39 is 7.44 Å². The van der Waals surface area contributed by atoms with Gasteiger partial charge in [-0.2, -0.15) is 0 Å². The fraction of sp³-hybridized carbons (Fsp3) is 0. The third kappa shape index (κ3) is 4.26. The molecule has 1 aliphatic heterocycles. The molecule has 224 valence electrons. The Balaban J connectivity index is 1.31. The van der Waals surface area contributed by atoms with Gasteiger partial charge in [0.25, 0.3) is 0 Å². The summed E-state index contributed by atoms with van der Waals surface area (Å²) in [4.78, 5) is 0. The summed E-state index contributed by atoms with van der Waals surface area (Å²) in [6, 6.07) is 62.4. The van der Waals surface area contributed by atoms with Crippen molar-refractivity contribution in [1.82, 2.24) is 4.57 Å². The highest BCUT2D eigenvalue weighted by molar-refractivity contribution is 7.76. The lowest BCUT2D eigenvalue weighted by Gasteiger charge is -2.33. The highest BCUT2D eigenvalue weighted by Gasteiger charge is 2.49. The summed E-state index contributed by atoms with van der Waals surface area (Å²) in [5.41, 5.74) is 9.22. The Morgan fingerprint density at radius 3 is 1.62 bits per heavy atom. The zero-order chi connectivity index (χ0) is 31.4. The fourth-order valence-electron chi connectivity index (χ4n) is 7.03. The molecular weight excluding hydrogens is 593 g/mol. The van der Waals surface area contributed by atoms with E-state index in [1.807, 2.05) is 95.7 Å². The van der Waals surface area contributed by atoms with Crippen molar-refractivity contribution >= 4 is 57.3 Å². The van der Waals surface area contributed by atoms with E-state index in [1.165, 1.54) is 21.9 Å². The Labute approximate surface area is 273 Å². The van der Waals surface area contributed by atoms with Gasteiger partial charge in [0, 0.05) is 27.8 Å². The molecule has 0 N–H and O–H groups in total. The molecule has 1 unspecified atom stereocenters. The Kier molecular flexibility index (Phi) is 6.38. The average Bonchev–Trinajstić information content (AvgIpc) is 3.62. The van der Waals surface area contributed by atoms with E-state index in [2.05, 4.69) is 100 Å². The molecule has 1 aliphatic rings. The minimum Gasteiger partial charge on any atom is -0.309 e. The molecule has 0 aliphatic carbocycles. The van der Waals surface area contributed by atoms with Crippen molar-refractivity contribution in [3.63, 3.8) is 0 Å². The first-order chi connectivity index (χ1) is 23.2. The lowest BCUT2D eigenvalue weighted by Crippen LogP contribution is -2.26. The summed E-state index contributed by atoms with van der Waals surface area (Å²) in [7, 11) is -3.44. The Bertz CT molecular complexity index is 2440. The van der Waals surface area contributed by atoms with Gasteiger partial charge in [0.2, 0.25) is 0 Å². The average molecular weight is 624 g/mol. The van der Waals surface area contributed by atoms with Crippen LogP contribution in [0.5, 0.6) is 0 Å². The zero-order valence-corrected chi connectivity index (χ0v) is 26.4. The van der Waals surface area contributed by atoms with Crippen LogP contribution < -0.4 is 14.6 Å². The number of hydrogen-bond acceptors (Lipinski definition) is 1. The van der Waals surface area contributed by atoms with E-state index in [0.717, 1.165) is 44.8 Å². The number of aromatic nitrogens is 1. The number of fused-ring (bicyclic) bond motifs is 4. The van der Waals surface area contributed by atoms with Gasteiger partial charge < -0.3 is 4.57 Å². The molecule has 0 fully saturated rings. The number of nitrogens with zero attached hydrogens (tertiary/aromatic N) is 3. The third-order valence-electron chi connectivity index (χ3n) is 9.09. The number of benzene rings is 7. The molecule has 0 saturated carbocycles. The van der Waals surface area contributed by atoms with Gasteiger partial charge >= 0.3 is 7.44 Å². The summed E-state index contributed by atoms with van der Waals surface area (Å²) < 4.78 is 22.4. The smallest absolute Gasteiger partial charge is 0.301 e. The first-order valence-corrected chi connectivity index (χ1v) is 17.4. The normalized spacial score (nSPS) is 15.7. The molecular formula is C42H30N3OP. The highest BCUT2D eigenvalue weighted by atomic mass is 31.2. The predicted octanol–water partition coefficient (Wildman–Crippen LogP) is 11.3. The fourth-order valence-corrected chi connectivity index (χ4v) is 10.0. The van der Waals surface area contributed by atoms with Crippen molar-refractivity contribution in [3.05, 3.63) is 182 Å². The van der Waals surface area contributed by atoms with Crippen molar-refractivity contribution < 1.29 is 4.57 Å². The van der Waals surface area contributed by atoms with Crippen LogP contribution in [0.3, 0.4) is 0 Å². The first-order valence-electron chi connectivity index (χ1n) is 15.8. The lowest BCUT2D eigenvalue weighted by atomic mass is 10.0. The zero-order valence-electron chi connectivity index (χ0n) is 25.5. The molecule has 7 aromatic carbocycles. The lowest BCUT2D eigenvalue weighted by molar-refractivity contribution is 0.582. The molecule has 0 amide bonds. The van der Waals surface area contributed by atoms with Crippen molar-refractivity contribution in [2.45, 2.75) is 0 Å². The van der Waals surface area contributed by atoms with Gasteiger partial charge in [-0.25, -0.2) is 0 Å². The molecule has 4 nitrogen and oxygen atoms in total. The molecule has 0 spiro atoms. The third-order valence-corrected chi connectivity index (χ3v) is 12.0. The predicted molar refractivity (Wildman–Crippen MR) is 197 cm³/mol. The Morgan fingerprint density at radius 2 is 0.936 bits per heavy atom. The standard InChI is InChI=1S/C42H30N3OP/c46-47(36-21-11-4-12-22-36)44(33-17-7-2-8-18-33)41-28-26-35(30-42(41)45(47)34-19-9-3-10-20-34)43-39-24-14-13-23-37(39)38-29-32(25-27-40(38)43)31-15-5-1-6-16-31/h1-30H. The van der Waals surface area contributed by atoms with Crippen LogP contribution in [0.2, 0.25) is 0 Å². The number of para-hydroxylation sites is 3. The molecule has 8 aromatic rings. The quantitative estimate of drug-likeness (QED) is 0.179. The largest absolute Gasteiger partial charge is 0.309 e. The minimum atomic E-state index is -3.44. The number of rotatable bonds is 5. The second-order valence-electron chi connectivity index (χ2n) is 11.8. The van der Waals surface area contributed by atoms with E-state index in [-0.39, 0.29) is 0 Å². The molecule has 2 heterocycles. The van der Waals surface area contributed by atoms with E-state index in [4.69, 9.17) is 0 Å². The molecule has 47 heavy (non-hydrogen) atoms. The van der Waals surface area contributed by atoms with Crippen LogP contribution in [0.1, 0.15) is 0 Å². The van der Waals surface area contributed by atoms with Crippen molar-refractivity contribution in [2.24, 2.45) is 0 Å². The van der Waals surface area contributed by atoms with Crippen molar-refractivity contribution in [2.75, 3.05) is 9.34 Å².